The van der Waals surface area contributed by atoms with E-state index < -0.39 is 0 Å². The highest BCUT2D eigenvalue weighted by molar-refractivity contribution is 5.43. The lowest BCUT2D eigenvalue weighted by atomic mass is 9.66. The van der Waals surface area contributed by atoms with Gasteiger partial charge in [0, 0.05) is 5.41 Å². The smallest absolute Gasteiger partial charge is 0.345 e. The van der Waals surface area contributed by atoms with Crippen molar-refractivity contribution in [1.82, 2.24) is 20.2 Å². The lowest BCUT2D eigenvalue weighted by Gasteiger charge is -2.40. The average Bonchev–Trinajstić information content (AvgIpc) is 3.27. The second-order valence-electron chi connectivity index (χ2n) is 7.82. The average molecular weight is 362 g/mol. The molecule has 138 valence electrons. The quantitative estimate of drug-likeness (QED) is 0.770. The van der Waals surface area contributed by atoms with Gasteiger partial charge >= 0.3 is 6.01 Å². The molecule has 0 saturated heterocycles. The summed E-state index contributed by atoms with van der Waals surface area (Å²) in [5.41, 5.74) is 3.52. The summed E-state index contributed by atoms with van der Waals surface area (Å²) < 4.78 is 7.59. The van der Waals surface area contributed by atoms with Crippen LogP contribution < -0.4 is 4.74 Å². The molecule has 0 bridgehead atoms. The first-order valence-electron chi connectivity index (χ1n) is 9.48. The van der Waals surface area contributed by atoms with Gasteiger partial charge in [0.05, 0.1) is 11.8 Å². The summed E-state index contributed by atoms with van der Waals surface area (Å²) in [6, 6.07) is 16.3. The van der Waals surface area contributed by atoms with Gasteiger partial charge in [-0.25, -0.2) is 0 Å². The Morgan fingerprint density at radius 2 is 2.00 bits per heavy atom. The van der Waals surface area contributed by atoms with Gasteiger partial charge in [-0.1, -0.05) is 36.3 Å². The van der Waals surface area contributed by atoms with Gasteiger partial charge in [0.25, 0.3) is 0 Å². The van der Waals surface area contributed by atoms with E-state index in [0.29, 0.717) is 11.9 Å². The molecule has 1 saturated carbocycles. The van der Waals surface area contributed by atoms with Gasteiger partial charge in [-0.05, 0) is 77.4 Å². The molecule has 2 aliphatic carbocycles. The largest absolute Gasteiger partial charge is 0.423 e. The fourth-order valence-electron chi connectivity index (χ4n) is 4.75. The van der Waals surface area contributed by atoms with E-state index in [1.165, 1.54) is 11.1 Å². The number of ether oxygens (including phenoxy) is 1. The molecule has 3 atom stereocenters. The van der Waals surface area contributed by atoms with Gasteiger partial charge < -0.3 is 9.84 Å². The molecule has 3 aromatic rings. The third-order valence-electron chi connectivity index (χ3n) is 6.36. The summed E-state index contributed by atoms with van der Waals surface area (Å²) in [4.78, 5) is 0. The number of aliphatic hydroxyl groups excluding tert-OH is 1. The van der Waals surface area contributed by atoms with E-state index in [2.05, 4.69) is 34.6 Å². The molecule has 1 aromatic heterocycles. The third kappa shape index (κ3) is 2.63. The molecule has 1 heterocycles. The van der Waals surface area contributed by atoms with Crippen LogP contribution in [-0.2, 0) is 6.42 Å². The number of aliphatic hydroxyl groups is 1. The van der Waals surface area contributed by atoms with Gasteiger partial charge in [0.1, 0.15) is 5.75 Å². The van der Waals surface area contributed by atoms with E-state index in [-0.39, 0.29) is 11.5 Å². The number of hydrogen-bond acceptors (Lipinski definition) is 5. The Labute approximate surface area is 157 Å². The first kappa shape index (κ1) is 16.4. The van der Waals surface area contributed by atoms with Crippen LogP contribution in [0.3, 0.4) is 0 Å². The zero-order valence-corrected chi connectivity index (χ0v) is 15.2. The number of rotatable bonds is 3. The van der Waals surface area contributed by atoms with Crippen molar-refractivity contribution in [3.63, 3.8) is 0 Å². The molecule has 0 spiro atoms. The van der Waals surface area contributed by atoms with Crippen LogP contribution in [0.5, 0.6) is 11.8 Å². The number of para-hydroxylation sites is 1. The van der Waals surface area contributed by atoms with Gasteiger partial charge in [0.15, 0.2) is 0 Å². The second kappa shape index (κ2) is 6.16. The zero-order chi connectivity index (χ0) is 18.4. The Morgan fingerprint density at radius 1 is 1.15 bits per heavy atom. The minimum absolute atomic E-state index is 0.00672. The van der Waals surface area contributed by atoms with Crippen LogP contribution in [0.15, 0.2) is 48.5 Å². The highest BCUT2D eigenvalue weighted by Gasteiger charge is 2.48. The molecule has 0 amide bonds. The molecule has 6 nitrogen and oxygen atoms in total. The number of nitrogens with zero attached hydrogens (tertiary/aromatic N) is 4. The van der Waals surface area contributed by atoms with E-state index >= 15 is 0 Å². The molecule has 2 aromatic carbocycles. The maximum atomic E-state index is 10.4. The zero-order valence-electron chi connectivity index (χ0n) is 15.2. The highest BCUT2D eigenvalue weighted by atomic mass is 16.5. The van der Waals surface area contributed by atoms with Gasteiger partial charge in [0.2, 0.25) is 0 Å². The number of hydrogen-bond donors (Lipinski definition) is 1. The Kier molecular flexibility index (Phi) is 3.75. The van der Waals surface area contributed by atoms with E-state index in [4.69, 9.17) is 4.74 Å². The predicted octanol–water partition coefficient (Wildman–Crippen LogP) is 3.65. The maximum absolute atomic E-state index is 10.4. The summed E-state index contributed by atoms with van der Waals surface area (Å²) in [6.45, 7) is 2.23. The van der Waals surface area contributed by atoms with E-state index in [9.17, 15) is 5.11 Å². The number of benzene rings is 2. The van der Waals surface area contributed by atoms with E-state index in [0.717, 1.165) is 37.1 Å². The van der Waals surface area contributed by atoms with Crippen LogP contribution in [0.1, 0.15) is 43.2 Å². The highest BCUT2D eigenvalue weighted by Crippen LogP contribution is 2.55. The van der Waals surface area contributed by atoms with Crippen molar-refractivity contribution in [2.75, 3.05) is 0 Å². The summed E-state index contributed by atoms with van der Waals surface area (Å²) in [6.07, 6.45) is 3.72. The molecule has 0 radical (unpaired) electrons. The second-order valence-corrected chi connectivity index (χ2v) is 7.82. The lowest BCUT2D eigenvalue weighted by Crippen LogP contribution is -2.35. The van der Waals surface area contributed by atoms with Crippen LogP contribution >= 0.6 is 0 Å². The number of tetrazole rings is 1. The van der Waals surface area contributed by atoms with Crippen LogP contribution in [0.4, 0.5) is 0 Å². The molecule has 27 heavy (non-hydrogen) atoms. The molecule has 0 aliphatic heterocycles. The van der Waals surface area contributed by atoms with Gasteiger partial charge in [-0.3, -0.25) is 0 Å². The van der Waals surface area contributed by atoms with E-state index in [1.54, 1.807) is 4.68 Å². The number of aryl methyl sites for hydroxylation is 1. The fourth-order valence-corrected chi connectivity index (χ4v) is 4.75. The number of fused-ring (bicyclic) bond motifs is 3. The van der Waals surface area contributed by atoms with Crippen LogP contribution in [-0.4, -0.2) is 31.4 Å². The minimum atomic E-state index is -0.193. The maximum Gasteiger partial charge on any atom is 0.345 e. The molecule has 3 unspecified atom stereocenters. The van der Waals surface area contributed by atoms with Crippen molar-refractivity contribution in [1.29, 1.82) is 0 Å². The summed E-state index contributed by atoms with van der Waals surface area (Å²) >= 11 is 0. The van der Waals surface area contributed by atoms with Crippen molar-refractivity contribution < 1.29 is 9.84 Å². The van der Waals surface area contributed by atoms with Crippen molar-refractivity contribution in [2.45, 2.75) is 44.6 Å². The monoisotopic (exact) mass is 362 g/mol. The molecular weight excluding hydrogens is 340 g/mol. The van der Waals surface area contributed by atoms with E-state index in [1.807, 2.05) is 36.4 Å². The molecule has 1 fully saturated rings. The third-order valence-corrected chi connectivity index (χ3v) is 6.36. The molecule has 6 heteroatoms. The number of aromatic nitrogens is 4. The Hall–Kier alpha value is -2.73. The van der Waals surface area contributed by atoms with Crippen molar-refractivity contribution in [3.8, 4) is 17.4 Å². The standard InChI is InChI=1S/C21H22N4O2/c1-21-12-11-14-13-16(7-8-17(14)18(21)9-10-19(21)26)27-20-22-23-24-25(20)15-5-3-2-4-6-15/h2-8,13,18-19,26H,9-12H2,1H3. The normalized spacial score (nSPS) is 26.4. The Bertz CT molecular complexity index is 971. The summed E-state index contributed by atoms with van der Waals surface area (Å²) in [7, 11) is 0. The molecular formula is C21H22N4O2. The van der Waals surface area contributed by atoms with Crippen LogP contribution in [0.25, 0.3) is 5.69 Å². The van der Waals surface area contributed by atoms with Crippen LogP contribution in [0.2, 0.25) is 0 Å². The Morgan fingerprint density at radius 3 is 2.85 bits per heavy atom. The Balaban J connectivity index is 1.44. The van der Waals surface area contributed by atoms with Crippen molar-refractivity contribution in [3.05, 3.63) is 59.7 Å². The van der Waals surface area contributed by atoms with Gasteiger partial charge in [-0.15, -0.1) is 0 Å². The first-order valence-corrected chi connectivity index (χ1v) is 9.48. The van der Waals surface area contributed by atoms with Crippen molar-refractivity contribution >= 4 is 0 Å². The summed E-state index contributed by atoms with van der Waals surface area (Å²) in [5.74, 6) is 1.17. The summed E-state index contributed by atoms with van der Waals surface area (Å²) in [5, 5.41) is 22.2. The fraction of sp³-hybridized carbons (Fsp3) is 0.381. The van der Waals surface area contributed by atoms with Gasteiger partial charge in [-0.2, -0.15) is 4.68 Å². The molecule has 2 aliphatic rings. The predicted molar refractivity (Wildman–Crippen MR) is 100 cm³/mol. The van der Waals surface area contributed by atoms with Crippen LogP contribution in [0, 0.1) is 5.41 Å². The minimum Gasteiger partial charge on any atom is -0.423 e. The molecule has 1 N–H and O–H groups in total. The first-order chi connectivity index (χ1) is 13.1. The lowest BCUT2D eigenvalue weighted by molar-refractivity contribution is 0.0457. The van der Waals surface area contributed by atoms with Crippen molar-refractivity contribution in [2.24, 2.45) is 5.41 Å². The SMILES string of the molecule is CC12CCc3cc(Oc4nnnn4-c4ccccc4)ccc3C1CCC2O. The molecule has 5 rings (SSSR count). The topological polar surface area (TPSA) is 73.1 Å².